The van der Waals surface area contributed by atoms with Crippen LogP contribution in [0.5, 0.6) is 0 Å². The first kappa shape index (κ1) is 14.3. The van der Waals surface area contributed by atoms with Crippen LogP contribution in [0, 0.1) is 5.41 Å². The fourth-order valence-electron chi connectivity index (χ4n) is 2.34. The second-order valence-corrected chi connectivity index (χ2v) is 6.55. The highest BCUT2D eigenvalue weighted by Crippen LogP contribution is 2.27. The van der Waals surface area contributed by atoms with Gasteiger partial charge in [-0.15, -0.1) is 0 Å². The van der Waals surface area contributed by atoms with Gasteiger partial charge in [0.15, 0.2) is 0 Å². The Hall–Kier alpha value is -0.800. The fourth-order valence-corrected chi connectivity index (χ4v) is 2.34. The summed E-state index contributed by atoms with van der Waals surface area (Å²) in [5.74, 6) is 1.79. The van der Waals surface area contributed by atoms with Gasteiger partial charge in [0, 0.05) is 5.54 Å². The average Bonchev–Trinajstić information content (AvgIpc) is 2.58. The van der Waals surface area contributed by atoms with Crippen LogP contribution >= 0.6 is 0 Å². The Labute approximate surface area is 105 Å². The SMILES string of the molecule is CC(C)(C)CC(C)(C)NCc1ccc(CN)o1. The van der Waals surface area contributed by atoms with Crippen LogP contribution in [0.3, 0.4) is 0 Å². The summed E-state index contributed by atoms with van der Waals surface area (Å²) in [7, 11) is 0. The van der Waals surface area contributed by atoms with E-state index in [9.17, 15) is 0 Å². The second-order valence-electron chi connectivity index (χ2n) is 6.55. The number of nitrogens with one attached hydrogen (secondary N) is 1. The van der Waals surface area contributed by atoms with Crippen molar-refractivity contribution >= 4 is 0 Å². The first-order chi connectivity index (χ1) is 7.72. The Morgan fingerprint density at radius 2 is 1.71 bits per heavy atom. The Bertz CT molecular complexity index is 347. The van der Waals surface area contributed by atoms with Crippen molar-refractivity contribution in [3.8, 4) is 0 Å². The van der Waals surface area contributed by atoms with Crippen LogP contribution in [0.1, 0.15) is 52.6 Å². The van der Waals surface area contributed by atoms with E-state index in [0.29, 0.717) is 12.0 Å². The molecule has 17 heavy (non-hydrogen) atoms. The summed E-state index contributed by atoms with van der Waals surface area (Å²) in [4.78, 5) is 0. The molecule has 3 N–H and O–H groups in total. The third-order valence-corrected chi connectivity index (χ3v) is 2.63. The molecular weight excluding hydrogens is 212 g/mol. The van der Waals surface area contributed by atoms with Crippen molar-refractivity contribution in [1.82, 2.24) is 5.32 Å². The van der Waals surface area contributed by atoms with Crippen LogP contribution in [0.2, 0.25) is 0 Å². The van der Waals surface area contributed by atoms with E-state index in [1.165, 1.54) is 0 Å². The van der Waals surface area contributed by atoms with E-state index in [1.54, 1.807) is 0 Å². The summed E-state index contributed by atoms with van der Waals surface area (Å²) < 4.78 is 5.57. The first-order valence-corrected chi connectivity index (χ1v) is 6.24. The van der Waals surface area contributed by atoms with Gasteiger partial charge in [-0.05, 0) is 37.8 Å². The molecule has 3 heteroatoms. The van der Waals surface area contributed by atoms with Gasteiger partial charge in [0.05, 0.1) is 13.1 Å². The molecule has 98 valence electrons. The highest BCUT2D eigenvalue weighted by atomic mass is 16.3. The van der Waals surface area contributed by atoms with Crippen molar-refractivity contribution in [2.75, 3.05) is 0 Å². The van der Waals surface area contributed by atoms with E-state index in [2.05, 4.69) is 39.9 Å². The zero-order chi connectivity index (χ0) is 13.1. The zero-order valence-corrected chi connectivity index (χ0v) is 11.8. The van der Waals surface area contributed by atoms with Crippen LogP contribution in [0.25, 0.3) is 0 Å². The van der Waals surface area contributed by atoms with E-state index >= 15 is 0 Å². The third-order valence-electron chi connectivity index (χ3n) is 2.63. The highest BCUT2D eigenvalue weighted by molar-refractivity contribution is 5.07. The highest BCUT2D eigenvalue weighted by Gasteiger charge is 2.24. The maximum atomic E-state index is 5.57. The molecule has 0 saturated carbocycles. The van der Waals surface area contributed by atoms with Crippen LogP contribution in [-0.2, 0) is 13.1 Å². The van der Waals surface area contributed by atoms with Crippen molar-refractivity contribution in [3.05, 3.63) is 23.7 Å². The molecule has 0 saturated heterocycles. The average molecular weight is 238 g/mol. The summed E-state index contributed by atoms with van der Waals surface area (Å²) in [5, 5.41) is 3.53. The standard InChI is InChI=1S/C14H26N2O/c1-13(2,3)10-14(4,5)16-9-12-7-6-11(8-15)17-12/h6-7,16H,8-10,15H2,1-5H3. The van der Waals surface area contributed by atoms with Crippen molar-refractivity contribution in [2.24, 2.45) is 11.1 Å². The van der Waals surface area contributed by atoms with Crippen LogP contribution in [-0.4, -0.2) is 5.54 Å². The second kappa shape index (κ2) is 5.23. The minimum Gasteiger partial charge on any atom is -0.463 e. The topological polar surface area (TPSA) is 51.2 Å². The molecule has 0 radical (unpaired) electrons. The van der Waals surface area contributed by atoms with E-state index in [0.717, 1.165) is 24.5 Å². The molecule has 0 bridgehead atoms. The molecule has 0 aliphatic heterocycles. The molecule has 0 aromatic carbocycles. The van der Waals surface area contributed by atoms with Gasteiger partial charge in [0.2, 0.25) is 0 Å². The number of rotatable bonds is 5. The fraction of sp³-hybridized carbons (Fsp3) is 0.714. The summed E-state index contributed by atoms with van der Waals surface area (Å²) in [6.45, 7) is 12.5. The lowest BCUT2D eigenvalue weighted by molar-refractivity contribution is 0.235. The van der Waals surface area contributed by atoms with E-state index in [4.69, 9.17) is 10.2 Å². The molecule has 1 heterocycles. The largest absolute Gasteiger partial charge is 0.463 e. The molecule has 1 aromatic heterocycles. The predicted octanol–water partition coefficient (Wildman–Crippen LogP) is 3.04. The van der Waals surface area contributed by atoms with Gasteiger partial charge in [-0.2, -0.15) is 0 Å². The molecule has 1 aromatic rings. The van der Waals surface area contributed by atoms with Gasteiger partial charge < -0.3 is 15.5 Å². The summed E-state index contributed by atoms with van der Waals surface area (Å²) in [6.07, 6.45) is 1.12. The normalized spacial score (nSPS) is 13.1. The van der Waals surface area contributed by atoms with Gasteiger partial charge in [-0.1, -0.05) is 20.8 Å². The molecule has 1 rings (SSSR count). The number of hydrogen-bond donors (Lipinski definition) is 2. The molecule has 0 aliphatic carbocycles. The first-order valence-electron chi connectivity index (χ1n) is 6.24. The minimum absolute atomic E-state index is 0.105. The van der Waals surface area contributed by atoms with Crippen LogP contribution in [0.15, 0.2) is 16.5 Å². The Morgan fingerprint density at radius 3 is 2.18 bits per heavy atom. The Balaban J connectivity index is 2.49. The summed E-state index contributed by atoms with van der Waals surface area (Å²) in [5.41, 5.74) is 5.94. The van der Waals surface area contributed by atoms with Gasteiger partial charge in [0.25, 0.3) is 0 Å². The summed E-state index contributed by atoms with van der Waals surface area (Å²) >= 11 is 0. The van der Waals surface area contributed by atoms with Crippen molar-refractivity contribution in [1.29, 1.82) is 0 Å². The smallest absolute Gasteiger partial charge is 0.118 e. The number of furan rings is 1. The molecule has 0 amide bonds. The molecule has 0 unspecified atom stereocenters. The summed E-state index contributed by atoms with van der Waals surface area (Å²) in [6, 6.07) is 3.93. The zero-order valence-electron chi connectivity index (χ0n) is 11.8. The third kappa shape index (κ3) is 5.37. The maximum absolute atomic E-state index is 5.57. The van der Waals surface area contributed by atoms with Crippen LogP contribution < -0.4 is 11.1 Å². The molecule has 0 atom stereocenters. The lowest BCUT2D eigenvalue weighted by Crippen LogP contribution is -2.41. The van der Waals surface area contributed by atoms with Crippen molar-refractivity contribution in [3.63, 3.8) is 0 Å². The maximum Gasteiger partial charge on any atom is 0.118 e. The Kier molecular flexibility index (Phi) is 4.39. The lowest BCUT2D eigenvalue weighted by atomic mass is 9.82. The van der Waals surface area contributed by atoms with Crippen LogP contribution in [0.4, 0.5) is 0 Å². The van der Waals surface area contributed by atoms with E-state index in [-0.39, 0.29) is 5.54 Å². The quantitative estimate of drug-likeness (QED) is 0.829. The van der Waals surface area contributed by atoms with Gasteiger partial charge >= 0.3 is 0 Å². The van der Waals surface area contributed by atoms with E-state index in [1.807, 2.05) is 12.1 Å². The molecule has 0 aliphatic rings. The predicted molar refractivity (Wildman–Crippen MR) is 71.6 cm³/mol. The number of nitrogens with two attached hydrogens (primary N) is 1. The molecular formula is C14H26N2O. The lowest BCUT2D eigenvalue weighted by Gasteiger charge is -2.33. The molecule has 0 fully saturated rings. The van der Waals surface area contributed by atoms with E-state index < -0.39 is 0 Å². The molecule has 0 spiro atoms. The van der Waals surface area contributed by atoms with Crippen molar-refractivity contribution in [2.45, 2.75) is 59.7 Å². The molecule has 3 nitrogen and oxygen atoms in total. The van der Waals surface area contributed by atoms with Gasteiger partial charge in [0.1, 0.15) is 11.5 Å². The number of hydrogen-bond acceptors (Lipinski definition) is 3. The van der Waals surface area contributed by atoms with Gasteiger partial charge in [-0.3, -0.25) is 0 Å². The van der Waals surface area contributed by atoms with Gasteiger partial charge in [-0.25, -0.2) is 0 Å². The minimum atomic E-state index is 0.105. The monoisotopic (exact) mass is 238 g/mol. The van der Waals surface area contributed by atoms with Crippen molar-refractivity contribution < 1.29 is 4.42 Å². The Morgan fingerprint density at radius 1 is 1.12 bits per heavy atom.